The van der Waals surface area contributed by atoms with Crippen LogP contribution in [0.25, 0.3) is 16.8 Å². The molecule has 0 saturated carbocycles. The van der Waals surface area contributed by atoms with Crippen molar-refractivity contribution < 1.29 is 9.21 Å². The lowest BCUT2D eigenvalue weighted by molar-refractivity contribution is 0.0699. The largest absolute Gasteiger partial charge is 0.440 e. The molecule has 2 aromatic heterocycles. The topological polar surface area (TPSA) is 77.1 Å². The Morgan fingerprint density at radius 2 is 1.72 bits per heavy atom. The zero-order chi connectivity index (χ0) is 19.8. The number of carbonyl (C=O) groups excluding carboxylic acids is 1. The van der Waals surface area contributed by atoms with Crippen molar-refractivity contribution in [3.63, 3.8) is 0 Å². The molecule has 7 nitrogen and oxygen atoms in total. The predicted octanol–water partition coefficient (Wildman–Crippen LogP) is 3.74. The average Bonchev–Trinajstić information content (AvgIpc) is 3.38. The van der Waals surface area contributed by atoms with Crippen LogP contribution >= 0.6 is 0 Å². The van der Waals surface area contributed by atoms with Crippen molar-refractivity contribution in [3.05, 3.63) is 71.9 Å². The van der Waals surface area contributed by atoms with E-state index in [4.69, 9.17) is 4.42 Å². The van der Waals surface area contributed by atoms with Crippen molar-refractivity contribution in [2.45, 2.75) is 25.7 Å². The third kappa shape index (κ3) is 3.29. The van der Waals surface area contributed by atoms with E-state index in [2.05, 4.69) is 15.2 Å². The summed E-state index contributed by atoms with van der Waals surface area (Å²) in [7, 11) is 0. The van der Waals surface area contributed by atoms with E-state index in [1.807, 2.05) is 66.4 Å². The van der Waals surface area contributed by atoms with Gasteiger partial charge in [0.2, 0.25) is 0 Å². The highest BCUT2D eigenvalue weighted by molar-refractivity contribution is 5.93. The molecule has 2 aromatic carbocycles. The number of likely N-dealkylation sites (tertiary alicyclic amines) is 1. The van der Waals surface area contributed by atoms with Gasteiger partial charge in [-0.2, -0.15) is 9.90 Å². The number of rotatable bonds is 3. The van der Waals surface area contributed by atoms with Gasteiger partial charge in [-0.1, -0.05) is 30.3 Å². The molecule has 5 rings (SSSR count). The van der Waals surface area contributed by atoms with Crippen molar-refractivity contribution in [1.29, 1.82) is 0 Å². The molecule has 1 aliphatic rings. The maximum Gasteiger partial charge on any atom is 0.276 e. The van der Waals surface area contributed by atoms with Gasteiger partial charge in [0.15, 0.2) is 17.2 Å². The molecule has 146 valence electrons. The van der Waals surface area contributed by atoms with Gasteiger partial charge in [-0.3, -0.25) is 4.79 Å². The van der Waals surface area contributed by atoms with Crippen LogP contribution in [0.4, 0.5) is 0 Å². The fourth-order valence-corrected chi connectivity index (χ4v) is 3.80. The summed E-state index contributed by atoms with van der Waals surface area (Å²) in [4.78, 5) is 21.0. The van der Waals surface area contributed by atoms with E-state index in [9.17, 15) is 4.79 Å². The summed E-state index contributed by atoms with van der Waals surface area (Å²) < 4.78 is 5.92. The first-order valence-corrected chi connectivity index (χ1v) is 9.83. The molecule has 4 aromatic rings. The van der Waals surface area contributed by atoms with Crippen LogP contribution in [0.15, 0.2) is 59.0 Å². The Hall–Kier alpha value is -3.48. The van der Waals surface area contributed by atoms with Gasteiger partial charge in [-0.15, -0.1) is 5.10 Å². The van der Waals surface area contributed by atoms with Crippen LogP contribution in [0.5, 0.6) is 0 Å². The van der Waals surface area contributed by atoms with E-state index >= 15 is 0 Å². The van der Waals surface area contributed by atoms with Crippen LogP contribution in [0.2, 0.25) is 0 Å². The molecule has 1 amide bonds. The highest BCUT2D eigenvalue weighted by atomic mass is 16.3. The fourth-order valence-electron chi connectivity index (χ4n) is 3.80. The van der Waals surface area contributed by atoms with E-state index in [1.165, 1.54) is 4.80 Å². The molecule has 0 spiro atoms. The monoisotopic (exact) mass is 387 g/mol. The molecule has 29 heavy (non-hydrogen) atoms. The minimum Gasteiger partial charge on any atom is -0.440 e. The Balaban J connectivity index is 1.29. The van der Waals surface area contributed by atoms with E-state index in [1.54, 1.807) is 0 Å². The van der Waals surface area contributed by atoms with Crippen LogP contribution in [-0.4, -0.2) is 43.9 Å². The van der Waals surface area contributed by atoms with Gasteiger partial charge in [0, 0.05) is 19.0 Å². The van der Waals surface area contributed by atoms with Crippen molar-refractivity contribution >= 4 is 17.0 Å². The zero-order valence-corrected chi connectivity index (χ0v) is 16.2. The normalized spacial score (nSPS) is 15.1. The molecular weight excluding hydrogens is 366 g/mol. The number of aryl methyl sites for hydroxylation is 1. The van der Waals surface area contributed by atoms with E-state index < -0.39 is 0 Å². The van der Waals surface area contributed by atoms with Gasteiger partial charge in [0.05, 0.1) is 11.4 Å². The molecule has 0 unspecified atom stereocenters. The Morgan fingerprint density at radius 3 is 2.48 bits per heavy atom. The molecule has 1 saturated heterocycles. The molecular formula is C22H21N5O2. The number of amides is 1. The molecule has 0 atom stereocenters. The minimum absolute atomic E-state index is 0.0688. The molecule has 1 aliphatic heterocycles. The third-order valence-electron chi connectivity index (χ3n) is 5.41. The summed E-state index contributed by atoms with van der Waals surface area (Å²) in [5.41, 5.74) is 3.58. The number of carbonyl (C=O) groups is 1. The van der Waals surface area contributed by atoms with Gasteiger partial charge in [-0.25, -0.2) is 4.98 Å². The second-order valence-corrected chi connectivity index (χ2v) is 7.35. The van der Waals surface area contributed by atoms with Crippen LogP contribution in [0.1, 0.15) is 40.8 Å². The summed E-state index contributed by atoms with van der Waals surface area (Å²) in [5.74, 6) is 0.928. The Labute approximate surface area is 168 Å². The molecule has 7 heteroatoms. The van der Waals surface area contributed by atoms with Crippen molar-refractivity contribution in [3.8, 4) is 5.69 Å². The fraction of sp³-hybridized carbons (Fsp3) is 0.273. The first kappa shape index (κ1) is 17.6. The molecule has 3 heterocycles. The summed E-state index contributed by atoms with van der Waals surface area (Å²) in [5, 5.41) is 8.86. The third-order valence-corrected chi connectivity index (χ3v) is 5.41. The van der Waals surface area contributed by atoms with Crippen LogP contribution < -0.4 is 0 Å². The second kappa shape index (κ2) is 7.16. The summed E-state index contributed by atoms with van der Waals surface area (Å²) in [6.07, 6.45) is 1.65. The summed E-state index contributed by atoms with van der Waals surface area (Å²) in [6.45, 7) is 3.13. The standard InChI is InChI=1S/C22H21N5O2/c1-15-20(25-27(24-15)17-7-3-2-4-8-17)22(28)26-13-11-16(12-14-26)21-23-18-9-5-6-10-19(18)29-21/h2-10,16H,11-14H2,1H3. The lowest BCUT2D eigenvalue weighted by Gasteiger charge is -2.30. The van der Waals surface area contributed by atoms with Crippen LogP contribution in [0, 0.1) is 6.92 Å². The maximum absolute atomic E-state index is 13.0. The number of benzene rings is 2. The van der Waals surface area contributed by atoms with Crippen LogP contribution in [-0.2, 0) is 0 Å². The smallest absolute Gasteiger partial charge is 0.276 e. The van der Waals surface area contributed by atoms with E-state index in [0.29, 0.717) is 24.5 Å². The molecule has 1 fully saturated rings. The van der Waals surface area contributed by atoms with Gasteiger partial charge >= 0.3 is 0 Å². The SMILES string of the molecule is Cc1nn(-c2ccccc2)nc1C(=O)N1CCC(c2nc3ccccc3o2)CC1. The zero-order valence-electron chi connectivity index (χ0n) is 16.2. The molecule has 0 bridgehead atoms. The van der Waals surface area contributed by atoms with E-state index in [0.717, 1.165) is 35.5 Å². The number of aromatic nitrogens is 4. The van der Waals surface area contributed by atoms with Crippen LogP contribution in [0.3, 0.4) is 0 Å². The first-order chi connectivity index (χ1) is 14.2. The lowest BCUT2D eigenvalue weighted by atomic mass is 9.96. The van der Waals surface area contributed by atoms with Gasteiger partial charge < -0.3 is 9.32 Å². The number of hydrogen-bond donors (Lipinski definition) is 0. The van der Waals surface area contributed by atoms with Crippen molar-refractivity contribution in [2.75, 3.05) is 13.1 Å². The molecule has 0 aliphatic carbocycles. The first-order valence-electron chi connectivity index (χ1n) is 9.83. The van der Waals surface area contributed by atoms with Gasteiger partial charge in [0.25, 0.3) is 5.91 Å². The number of piperidine rings is 1. The predicted molar refractivity (Wildman–Crippen MR) is 108 cm³/mol. The lowest BCUT2D eigenvalue weighted by Crippen LogP contribution is -2.38. The number of para-hydroxylation sites is 3. The van der Waals surface area contributed by atoms with Crippen molar-refractivity contribution in [1.82, 2.24) is 24.9 Å². The number of fused-ring (bicyclic) bond motifs is 1. The highest BCUT2D eigenvalue weighted by Gasteiger charge is 2.29. The summed E-state index contributed by atoms with van der Waals surface area (Å²) >= 11 is 0. The highest BCUT2D eigenvalue weighted by Crippen LogP contribution is 2.30. The second-order valence-electron chi connectivity index (χ2n) is 7.35. The van der Waals surface area contributed by atoms with Gasteiger partial charge in [0.1, 0.15) is 5.52 Å². The number of oxazole rings is 1. The van der Waals surface area contributed by atoms with Crippen molar-refractivity contribution in [2.24, 2.45) is 0 Å². The molecule has 0 N–H and O–H groups in total. The van der Waals surface area contributed by atoms with E-state index in [-0.39, 0.29) is 11.8 Å². The number of nitrogens with zero attached hydrogens (tertiary/aromatic N) is 5. The van der Waals surface area contributed by atoms with Gasteiger partial charge in [-0.05, 0) is 44.0 Å². The Kier molecular flexibility index (Phi) is 4.35. The quantitative estimate of drug-likeness (QED) is 0.535. The Morgan fingerprint density at radius 1 is 1.00 bits per heavy atom. The average molecular weight is 387 g/mol. The number of hydrogen-bond acceptors (Lipinski definition) is 5. The maximum atomic E-state index is 13.0. The Bertz CT molecular complexity index is 1120. The minimum atomic E-state index is -0.0688. The molecule has 0 radical (unpaired) electrons. The summed E-state index contributed by atoms with van der Waals surface area (Å²) in [6, 6.07) is 17.4.